The zero-order valence-electron chi connectivity index (χ0n) is 7.71. The number of phenols is 1. The highest BCUT2D eigenvalue weighted by atomic mass is 16.6. The minimum Gasteiger partial charge on any atom is -0.508 e. The van der Waals surface area contributed by atoms with E-state index in [0.717, 1.165) is 12.2 Å². The molecule has 2 rings (SSSR count). The highest BCUT2D eigenvalue weighted by Gasteiger charge is 2.10. The lowest BCUT2D eigenvalue weighted by Gasteiger charge is -1.89. The van der Waals surface area contributed by atoms with Gasteiger partial charge < -0.3 is 15.6 Å². The number of benzene rings is 1. The molecule has 0 saturated heterocycles. The van der Waals surface area contributed by atoms with Gasteiger partial charge >= 0.3 is 11.9 Å². The molecule has 0 bridgehead atoms. The Balaban J connectivity index is 0.000000151. The lowest BCUT2D eigenvalue weighted by Crippen LogP contribution is -1.96. The molecule has 1 aliphatic rings. The third kappa shape index (κ3) is 3.95. The molecule has 1 aliphatic heterocycles. The maximum atomic E-state index is 9.92. The van der Waals surface area contributed by atoms with E-state index in [0.29, 0.717) is 5.69 Å². The maximum Gasteiger partial charge on any atom is 0.338 e. The monoisotopic (exact) mass is 207 g/mol. The van der Waals surface area contributed by atoms with E-state index in [2.05, 4.69) is 4.74 Å². The van der Waals surface area contributed by atoms with Gasteiger partial charge in [-0.25, -0.2) is 9.59 Å². The minimum absolute atomic E-state index is 0.249. The van der Waals surface area contributed by atoms with E-state index < -0.39 is 11.9 Å². The Bertz CT molecular complexity index is 357. The summed E-state index contributed by atoms with van der Waals surface area (Å²) in [7, 11) is 0. The van der Waals surface area contributed by atoms with Gasteiger partial charge in [0.1, 0.15) is 5.75 Å². The van der Waals surface area contributed by atoms with Crippen LogP contribution in [0.5, 0.6) is 5.75 Å². The third-order valence-corrected chi connectivity index (χ3v) is 1.45. The van der Waals surface area contributed by atoms with E-state index in [1.54, 1.807) is 24.3 Å². The van der Waals surface area contributed by atoms with Gasteiger partial charge in [-0.15, -0.1) is 0 Å². The number of anilines is 1. The van der Waals surface area contributed by atoms with E-state index >= 15 is 0 Å². The Kier molecular flexibility index (Phi) is 3.45. The van der Waals surface area contributed by atoms with E-state index in [9.17, 15) is 9.59 Å². The molecular formula is C10H9NO4. The van der Waals surface area contributed by atoms with Crippen molar-refractivity contribution in [3.63, 3.8) is 0 Å². The van der Waals surface area contributed by atoms with Gasteiger partial charge in [0.05, 0.1) is 0 Å². The highest BCUT2D eigenvalue weighted by molar-refractivity contribution is 6.04. The SMILES string of the molecule is Nc1ccc(O)cc1.O=C1C=CC(=O)O1. The normalized spacial score (nSPS) is 13.1. The largest absolute Gasteiger partial charge is 0.508 e. The smallest absolute Gasteiger partial charge is 0.338 e. The van der Waals surface area contributed by atoms with E-state index in [1.807, 2.05) is 0 Å². The Labute approximate surface area is 85.8 Å². The fraction of sp³-hybridized carbons (Fsp3) is 0. The van der Waals surface area contributed by atoms with Crippen LogP contribution in [0.2, 0.25) is 0 Å². The molecule has 0 aliphatic carbocycles. The van der Waals surface area contributed by atoms with E-state index in [4.69, 9.17) is 10.8 Å². The van der Waals surface area contributed by atoms with E-state index in [1.165, 1.54) is 0 Å². The van der Waals surface area contributed by atoms with Crippen LogP contribution in [0.3, 0.4) is 0 Å². The van der Waals surface area contributed by atoms with Crippen molar-refractivity contribution >= 4 is 17.6 Å². The Hall–Kier alpha value is -2.30. The van der Waals surface area contributed by atoms with Crippen molar-refractivity contribution in [2.75, 3.05) is 5.73 Å². The van der Waals surface area contributed by atoms with Gasteiger partial charge in [0.2, 0.25) is 0 Å². The molecule has 0 spiro atoms. The summed E-state index contributed by atoms with van der Waals surface area (Å²) >= 11 is 0. The van der Waals surface area contributed by atoms with Crippen LogP contribution >= 0.6 is 0 Å². The summed E-state index contributed by atoms with van der Waals surface area (Å²) in [4.78, 5) is 19.8. The molecule has 0 atom stereocenters. The highest BCUT2D eigenvalue weighted by Crippen LogP contribution is 2.09. The number of nitrogens with two attached hydrogens (primary N) is 1. The molecule has 0 fully saturated rings. The summed E-state index contributed by atoms with van der Waals surface area (Å²) in [6, 6.07) is 6.40. The van der Waals surface area contributed by atoms with Gasteiger partial charge in [-0.2, -0.15) is 0 Å². The van der Waals surface area contributed by atoms with Crippen molar-refractivity contribution in [2.24, 2.45) is 0 Å². The molecule has 0 unspecified atom stereocenters. The standard InChI is InChI=1S/C6H7NO.C4H2O3/c7-5-1-3-6(8)4-2-5;5-3-1-2-4(6)7-3/h1-4,8H,7H2;1-2H. The summed E-state index contributed by atoms with van der Waals surface area (Å²) in [5.41, 5.74) is 5.98. The first-order valence-electron chi connectivity index (χ1n) is 4.06. The summed E-state index contributed by atoms with van der Waals surface area (Å²) in [6.07, 6.45) is 2.17. The third-order valence-electron chi connectivity index (χ3n) is 1.45. The van der Waals surface area contributed by atoms with Crippen LogP contribution < -0.4 is 5.73 Å². The fourth-order valence-electron chi connectivity index (χ4n) is 0.778. The number of carbonyl (C=O) groups is 2. The van der Waals surface area contributed by atoms with Crippen LogP contribution in [0.4, 0.5) is 5.69 Å². The summed E-state index contributed by atoms with van der Waals surface area (Å²) < 4.78 is 3.97. The van der Waals surface area contributed by atoms with Gasteiger partial charge in [-0.05, 0) is 24.3 Å². The lowest BCUT2D eigenvalue weighted by molar-refractivity contribution is -0.150. The number of cyclic esters (lactones) is 2. The number of hydrogen-bond acceptors (Lipinski definition) is 5. The van der Waals surface area contributed by atoms with Gasteiger partial charge in [0.15, 0.2) is 0 Å². The van der Waals surface area contributed by atoms with Gasteiger partial charge in [-0.1, -0.05) is 0 Å². The number of ether oxygens (including phenoxy) is 1. The second kappa shape index (κ2) is 4.80. The Morgan fingerprint density at radius 1 is 1.00 bits per heavy atom. The summed E-state index contributed by atoms with van der Waals surface area (Å²) in [5.74, 6) is -0.908. The van der Waals surface area contributed by atoms with Crippen molar-refractivity contribution in [2.45, 2.75) is 0 Å². The summed E-state index contributed by atoms with van der Waals surface area (Å²) in [6.45, 7) is 0. The van der Waals surface area contributed by atoms with Crippen molar-refractivity contribution < 1.29 is 19.4 Å². The first-order chi connectivity index (χ1) is 7.08. The van der Waals surface area contributed by atoms with Crippen molar-refractivity contribution in [3.8, 4) is 5.75 Å². The zero-order chi connectivity index (χ0) is 11.3. The molecule has 0 saturated carbocycles. The Morgan fingerprint density at radius 2 is 1.47 bits per heavy atom. The average molecular weight is 207 g/mol. The van der Waals surface area contributed by atoms with Crippen molar-refractivity contribution in [1.82, 2.24) is 0 Å². The Morgan fingerprint density at radius 3 is 1.73 bits per heavy atom. The van der Waals surface area contributed by atoms with Gasteiger partial charge in [0, 0.05) is 17.8 Å². The van der Waals surface area contributed by atoms with Crippen LogP contribution in [0.25, 0.3) is 0 Å². The van der Waals surface area contributed by atoms with Crippen LogP contribution in [-0.2, 0) is 14.3 Å². The summed E-state index contributed by atoms with van der Waals surface area (Å²) in [5, 5.41) is 8.70. The molecule has 1 aromatic rings. The second-order valence-corrected chi connectivity index (χ2v) is 2.66. The molecule has 0 aromatic heterocycles. The van der Waals surface area contributed by atoms with Crippen LogP contribution in [0.15, 0.2) is 36.4 Å². The fourth-order valence-corrected chi connectivity index (χ4v) is 0.778. The predicted octanol–water partition coefficient (Wildman–Crippen LogP) is 0.600. The molecule has 5 nitrogen and oxygen atoms in total. The first-order valence-corrected chi connectivity index (χ1v) is 4.06. The average Bonchev–Trinajstić information content (AvgIpc) is 2.56. The number of hydrogen-bond donors (Lipinski definition) is 2. The number of carbonyl (C=O) groups excluding carboxylic acids is 2. The molecule has 15 heavy (non-hydrogen) atoms. The topological polar surface area (TPSA) is 89.6 Å². The van der Waals surface area contributed by atoms with E-state index in [-0.39, 0.29) is 5.75 Å². The van der Waals surface area contributed by atoms with Crippen LogP contribution in [0.1, 0.15) is 0 Å². The van der Waals surface area contributed by atoms with Crippen molar-refractivity contribution in [1.29, 1.82) is 0 Å². The lowest BCUT2D eigenvalue weighted by atomic mass is 10.3. The van der Waals surface area contributed by atoms with Gasteiger partial charge in [-0.3, -0.25) is 0 Å². The quantitative estimate of drug-likeness (QED) is 0.281. The molecule has 5 heteroatoms. The number of esters is 2. The number of nitrogen functional groups attached to an aromatic ring is 1. The predicted molar refractivity (Wildman–Crippen MR) is 52.8 cm³/mol. The molecule has 78 valence electrons. The number of phenolic OH excluding ortho intramolecular Hbond substituents is 1. The molecule has 1 aromatic carbocycles. The minimum atomic E-state index is -0.579. The van der Waals surface area contributed by atoms with Crippen LogP contribution in [-0.4, -0.2) is 17.0 Å². The van der Waals surface area contributed by atoms with Crippen LogP contribution in [0, 0.1) is 0 Å². The molecule has 3 N–H and O–H groups in total. The molecular weight excluding hydrogens is 198 g/mol. The molecule has 0 radical (unpaired) electrons. The van der Waals surface area contributed by atoms with Crippen molar-refractivity contribution in [3.05, 3.63) is 36.4 Å². The molecule has 1 heterocycles. The second-order valence-electron chi connectivity index (χ2n) is 2.66. The maximum absolute atomic E-state index is 9.92. The molecule has 0 amide bonds. The zero-order valence-corrected chi connectivity index (χ0v) is 7.71. The first kappa shape index (κ1) is 10.8. The number of rotatable bonds is 0. The van der Waals surface area contributed by atoms with Gasteiger partial charge in [0.25, 0.3) is 0 Å². The number of aromatic hydroxyl groups is 1.